The third kappa shape index (κ3) is 4.43. The van der Waals surface area contributed by atoms with E-state index in [1.165, 1.54) is 0 Å². The first kappa shape index (κ1) is 8.92. The Morgan fingerprint density at radius 2 is 2.11 bits per heavy atom. The van der Waals surface area contributed by atoms with E-state index in [1.54, 1.807) is 0 Å². The van der Waals surface area contributed by atoms with Crippen molar-refractivity contribution < 1.29 is 1.43 Å². The van der Waals surface area contributed by atoms with Crippen molar-refractivity contribution in [3.05, 3.63) is 0 Å². The van der Waals surface area contributed by atoms with E-state index in [-0.39, 0.29) is 1.43 Å². The summed E-state index contributed by atoms with van der Waals surface area (Å²) in [5, 5.41) is 3.11. The smallest absolute Gasteiger partial charge is 0.0106 e. The number of likely N-dealkylation sites (N-methyl/N-ethyl adjacent to an activating group) is 2. The Balaban J connectivity index is 0. The molecule has 0 saturated heterocycles. The van der Waals surface area contributed by atoms with Gasteiger partial charge in [-0.1, -0.05) is 0 Å². The zero-order valence-corrected chi connectivity index (χ0v) is 6.94. The van der Waals surface area contributed by atoms with Gasteiger partial charge in [-0.25, -0.2) is 0 Å². The summed E-state index contributed by atoms with van der Waals surface area (Å²) in [7, 11) is 4.12. The Hall–Kier alpha value is -0.0800. The van der Waals surface area contributed by atoms with Crippen molar-refractivity contribution in [2.75, 3.05) is 27.2 Å². The molecule has 0 aliphatic heterocycles. The summed E-state index contributed by atoms with van der Waals surface area (Å²) in [6.07, 6.45) is 0. The van der Waals surface area contributed by atoms with Crippen molar-refractivity contribution in [2.45, 2.75) is 19.9 Å². The van der Waals surface area contributed by atoms with Crippen LogP contribution in [0.5, 0.6) is 0 Å². The number of nitrogens with one attached hydrogen (secondary N) is 1. The molecule has 0 amide bonds. The molecule has 0 aliphatic rings. The fourth-order valence-corrected chi connectivity index (χ4v) is 0.546. The minimum absolute atomic E-state index is 0. The Bertz CT molecular complexity index is 66.6. The molecule has 2 heteroatoms. The van der Waals surface area contributed by atoms with Gasteiger partial charge in [0.25, 0.3) is 0 Å². The lowest BCUT2D eigenvalue weighted by atomic mass is 10.3. The molecule has 0 heterocycles. The standard InChI is InChI=1S/C7H18N2.H2/c1-7(2)9(4)6-5-8-3;/h7-8H,5-6H2,1-4H3;1H. The SMILES string of the molecule is CNCCN(C)C(C)C.[HH]. The molecule has 0 aliphatic carbocycles. The van der Waals surface area contributed by atoms with Gasteiger partial charge in [-0.2, -0.15) is 0 Å². The van der Waals surface area contributed by atoms with E-state index in [9.17, 15) is 0 Å². The lowest BCUT2D eigenvalue weighted by molar-refractivity contribution is 0.276. The summed E-state index contributed by atoms with van der Waals surface area (Å²) in [5.74, 6) is 0. The normalized spacial score (nSPS) is 11.3. The van der Waals surface area contributed by atoms with Gasteiger partial charge in [0.05, 0.1) is 0 Å². The predicted octanol–water partition coefficient (Wildman–Crippen LogP) is 0.792. The molecule has 58 valence electrons. The average molecular weight is 132 g/mol. The first-order chi connectivity index (χ1) is 4.18. The Morgan fingerprint density at radius 1 is 1.56 bits per heavy atom. The number of hydrogen-bond donors (Lipinski definition) is 1. The third-order valence-corrected chi connectivity index (χ3v) is 1.60. The average Bonchev–Trinajstić information content (AvgIpc) is 1.82. The maximum Gasteiger partial charge on any atom is 0.0106 e. The minimum Gasteiger partial charge on any atom is -0.318 e. The molecule has 0 aromatic carbocycles. The maximum absolute atomic E-state index is 3.11. The highest BCUT2D eigenvalue weighted by atomic mass is 15.1. The van der Waals surface area contributed by atoms with Gasteiger partial charge in [-0.05, 0) is 27.9 Å². The molecular formula is C7H20N2. The van der Waals surface area contributed by atoms with Crippen LogP contribution in [-0.2, 0) is 0 Å². The topological polar surface area (TPSA) is 15.3 Å². The van der Waals surface area contributed by atoms with Crippen LogP contribution in [0.25, 0.3) is 0 Å². The molecule has 0 radical (unpaired) electrons. The van der Waals surface area contributed by atoms with Crippen LogP contribution in [0.1, 0.15) is 15.3 Å². The fraction of sp³-hybridized carbons (Fsp3) is 1.00. The Morgan fingerprint density at radius 3 is 2.44 bits per heavy atom. The van der Waals surface area contributed by atoms with Crippen molar-refractivity contribution >= 4 is 0 Å². The molecule has 0 aromatic rings. The maximum atomic E-state index is 3.11. The van der Waals surface area contributed by atoms with Crippen LogP contribution in [0.15, 0.2) is 0 Å². The highest BCUT2D eigenvalue weighted by molar-refractivity contribution is 4.56. The van der Waals surface area contributed by atoms with E-state index in [1.807, 2.05) is 7.05 Å². The minimum atomic E-state index is 0. The van der Waals surface area contributed by atoms with Crippen molar-refractivity contribution in [3.63, 3.8) is 0 Å². The summed E-state index contributed by atoms with van der Waals surface area (Å²) in [4.78, 5) is 2.32. The quantitative estimate of drug-likeness (QED) is 0.608. The van der Waals surface area contributed by atoms with Crippen molar-refractivity contribution in [1.82, 2.24) is 10.2 Å². The molecule has 0 bridgehead atoms. The second-order valence-corrected chi connectivity index (χ2v) is 2.68. The van der Waals surface area contributed by atoms with E-state index in [0.29, 0.717) is 6.04 Å². The van der Waals surface area contributed by atoms with Gasteiger partial charge in [0.2, 0.25) is 0 Å². The molecule has 0 spiro atoms. The highest BCUT2D eigenvalue weighted by Gasteiger charge is 1.99. The number of rotatable bonds is 4. The molecule has 1 N–H and O–H groups in total. The van der Waals surface area contributed by atoms with E-state index >= 15 is 0 Å². The molecule has 9 heavy (non-hydrogen) atoms. The molecule has 0 fully saturated rings. The number of nitrogens with zero attached hydrogens (tertiary/aromatic N) is 1. The van der Waals surface area contributed by atoms with E-state index < -0.39 is 0 Å². The summed E-state index contributed by atoms with van der Waals surface area (Å²) in [5.41, 5.74) is 0. The molecule has 2 nitrogen and oxygen atoms in total. The van der Waals surface area contributed by atoms with Crippen LogP contribution >= 0.6 is 0 Å². The Labute approximate surface area is 59.7 Å². The van der Waals surface area contributed by atoms with E-state index in [4.69, 9.17) is 0 Å². The van der Waals surface area contributed by atoms with Crippen LogP contribution in [0, 0.1) is 0 Å². The summed E-state index contributed by atoms with van der Waals surface area (Å²) in [6.45, 7) is 6.62. The fourth-order valence-electron chi connectivity index (χ4n) is 0.546. The van der Waals surface area contributed by atoms with Crippen LogP contribution in [0.2, 0.25) is 0 Å². The largest absolute Gasteiger partial charge is 0.318 e. The predicted molar refractivity (Wildman–Crippen MR) is 43.8 cm³/mol. The van der Waals surface area contributed by atoms with Gasteiger partial charge in [0.15, 0.2) is 0 Å². The molecule has 0 aromatic heterocycles. The highest BCUT2D eigenvalue weighted by Crippen LogP contribution is 1.89. The second-order valence-electron chi connectivity index (χ2n) is 2.68. The molecular weight excluding hydrogens is 112 g/mol. The van der Waals surface area contributed by atoms with Crippen molar-refractivity contribution in [2.24, 2.45) is 0 Å². The van der Waals surface area contributed by atoms with Gasteiger partial charge in [0, 0.05) is 20.6 Å². The van der Waals surface area contributed by atoms with Gasteiger partial charge in [-0.15, -0.1) is 0 Å². The van der Waals surface area contributed by atoms with Crippen LogP contribution < -0.4 is 5.32 Å². The first-order valence-corrected chi connectivity index (χ1v) is 3.53. The van der Waals surface area contributed by atoms with Gasteiger partial charge < -0.3 is 10.2 Å². The van der Waals surface area contributed by atoms with E-state index in [2.05, 4.69) is 31.1 Å². The molecule has 0 rings (SSSR count). The first-order valence-electron chi connectivity index (χ1n) is 3.53. The van der Waals surface area contributed by atoms with Gasteiger partial charge >= 0.3 is 0 Å². The Kier molecular flexibility index (Phi) is 4.72. The van der Waals surface area contributed by atoms with Crippen molar-refractivity contribution in [3.8, 4) is 0 Å². The zero-order valence-electron chi connectivity index (χ0n) is 6.94. The molecule has 0 saturated carbocycles. The summed E-state index contributed by atoms with van der Waals surface area (Å²) in [6, 6.07) is 0.665. The third-order valence-electron chi connectivity index (χ3n) is 1.60. The van der Waals surface area contributed by atoms with Crippen LogP contribution in [0.4, 0.5) is 0 Å². The summed E-state index contributed by atoms with van der Waals surface area (Å²) >= 11 is 0. The summed E-state index contributed by atoms with van der Waals surface area (Å²) < 4.78 is 0. The van der Waals surface area contributed by atoms with Crippen LogP contribution in [-0.4, -0.2) is 38.1 Å². The van der Waals surface area contributed by atoms with Crippen molar-refractivity contribution in [1.29, 1.82) is 0 Å². The second kappa shape index (κ2) is 4.77. The lowest BCUT2D eigenvalue weighted by Crippen LogP contribution is -2.32. The zero-order chi connectivity index (χ0) is 7.28. The van der Waals surface area contributed by atoms with Gasteiger partial charge in [0.1, 0.15) is 0 Å². The van der Waals surface area contributed by atoms with Gasteiger partial charge in [-0.3, -0.25) is 0 Å². The lowest BCUT2D eigenvalue weighted by Gasteiger charge is -2.20. The number of hydrogen-bond acceptors (Lipinski definition) is 2. The molecule has 0 unspecified atom stereocenters. The van der Waals surface area contributed by atoms with E-state index in [0.717, 1.165) is 13.1 Å². The monoisotopic (exact) mass is 132 g/mol. The molecule has 0 atom stereocenters. The van der Waals surface area contributed by atoms with Crippen LogP contribution in [0.3, 0.4) is 0 Å².